The van der Waals surface area contributed by atoms with Gasteiger partial charge in [0.15, 0.2) is 0 Å². The van der Waals surface area contributed by atoms with Crippen LogP contribution in [0.25, 0.3) is 10.9 Å². The second-order valence-electron chi connectivity index (χ2n) is 28.6. The summed E-state index contributed by atoms with van der Waals surface area (Å²) >= 11 is 1.32. The lowest BCUT2D eigenvalue weighted by Crippen LogP contribution is -2.60. The van der Waals surface area contributed by atoms with Crippen molar-refractivity contribution in [2.45, 2.75) is 211 Å². The highest BCUT2D eigenvalue weighted by atomic mass is 32.2. The number of nitrogens with one attached hydrogen (secondary N) is 14. The molecule has 11 atom stereocenters. The van der Waals surface area contributed by atoms with Crippen LogP contribution in [-0.4, -0.2) is 237 Å². The number of carbonyl (C=O) groups is 17. The SMILES string of the molecule is CSCC[C@H](NC(=O)[C@@H](NC(=O)[C@H](CCC(N)=O)NC(=O)CNC(=O)[C@H](CCC(=O)O)NC(=O)[C@H](CCCCN)NC(=O)[C@H](CC(=O)O)NC(=O)[C@H](CC(C)C)NC(=O)CNC(=O)[C@H](CC(C)C)NC(=O)[C@H](Cc1ccc(O)cc1)NC(=O)[C@@H](N)Cc1c[nH]c2ccccc12)C(C)C)C(=O)N[C@@H](CCCCN)C(=O)NCC(=O)O. The van der Waals surface area contributed by atoms with Gasteiger partial charge in [-0.1, -0.05) is 71.9 Å². The number of carbonyl (C=O) groups excluding carboxylic acids is 14. The number of primary amides is 1. The van der Waals surface area contributed by atoms with Gasteiger partial charge < -0.3 is 117 Å². The number of unbranched alkanes of at least 4 members (excludes halogenated alkanes) is 2. The van der Waals surface area contributed by atoms with E-state index in [1.54, 1.807) is 66.1 Å². The number of phenols is 1. The lowest BCUT2D eigenvalue weighted by atomic mass is 10.00. The van der Waals surface area contributed by atoms with Crippen molar-refractivity contribution in [1.29, 1.82) is 0 Å². The molecule has 0 unspecified atom stereocenters. The van der Waals surface area contributed by atoms with Crippen LogP contribution in [0.1, 0.15) is 143 Å². The highest BCUT2D eigenvalue weighted by molar-refractivity contribution is 7.98. The standard InChI is InChI=1S/C74H114N18O21S/c1-39(2)30-53(90-72(111)55(32-42-18-20-44(93)21-19-42)89-64(103)46(77)33-43-35-79-47-15-9-8-14-45(43)47)67(106)81-37-59(96)84-54(31-40(3)4)71(110)91-56(34-61(99)100)73(112)86-49(17-11-13-28-76)68(107)87-50(23-25-60(97)98)66(105)80-36-58(95)83-51(22-24-57(78)94)70(109)92-63(41(5)6)74(113)88-52(26-29-114-7)69(108)85-48(16-10-12-27-75)65(104)82-38-62(101)102/h8-9,14-15,18-21,35,39-41,46,48-56,63,79,93H,10-13,16-17,22-34,36-38,75-77H2,1-7H3,(H2,78,94)(H,80,105)(H,81,106)(H,82,104)(H,83,95)(H,84,96)(H,85,108)(H,86,112)(H,87,107)(H,88,113)(H,89,103)(H,90,111)(H,91,110)(H,92,109)(H,97,98)(H,99,100)(H,101,102)/t46-,48-,49-,50-,51-,52-,53-,54-,55-,56-,63-/m0/s1. The van der Waals surface area contributed by atoms with E-state index in [2.05, 4.69) is 74.1 Å². The van der Waals surface area contributed by atoms with E-state index in [-0.39, 0.29) is 88.5 Å². The number of carboxylic acid groups (broad SMARTS) is 3. The summed E-state index contributed by atoms with van der Waals surface area (Å²) in [7, 11) is 0. The molecule has 0 aliphatic rings. The molecule has 0 aliphatic heterocycles. The van der Waals surface area contributed by atoms with Crippen LogP contribution in [0, 0.1) is 17.8 Å². The Morgan fingerprint density at radius 2 is 0.868 bits per heavy atom. The topological polar surface area (TPSA) is 647 Å². The molecular formula is C74H114N18O21S. The van der Waals surface area contributed by atoms with Gasteiger partial charge in [-0.2, -0.15) is 11.8 Å². The Morgan fingerprint density at radius 3 is 1.39 bits per heavy atom. The molecule has 3 rings (SSSR count). The number of rotatable bonds is 55. The predicted octanol–water partition coefficient (Wildman–Crippen LogP) is -3.37. The van der Waals surface area contributed by atoms with Gasteiger partial charge in [0.2, 0.25) is 82.7 Å². The van der Waals surface area contributed by atoms with Crippen molar-refractivity contribution < 1.29 is 102 Å². The van der Waals surface area contributed by atoms with Crippen LogP contribution in [0.3, 0.4) is 0 Å². The third kappa shape index (κ3) is 36.7. The fraction of sp³-hybridized carbons (Fsp3) is 0.581. The summed E-state index contributed by atoms with van der Waals surface area (Å²) < 4.78 is 0. The van der Waals surface area contributed by atoms with Crippen LogP contribution in [0.5, 0.6) is 5.75 Å². The zero-order valence-electron chi connectivity index (χ0n) is 65.3. The van der Waals surface area contributed by atoms with Crippen LogP contribution < -0.4 is 92.1 Å². The molecule has 2 aromatic carbocycles. The number of nitrogens with two attached hydrogens (primary N) is 4. The maximum absolute atomic E-state index is 14.3. The molecule has 0 fully saturated rings. The van der Waals surface area contributed by atoms with E-state index < -0.39 is 225 Å². The van der Waals surface area contributed by atoms with Gasteiger partial charge in [-0.15, -0.1) is 0 Å². The van der Waals surface area contributed by atoms with Crippen molar-refractivity contribution >= 4 is 123 Å². The van der Waals surface area contributed by atoms with Crippen molar-refractivity contribution in [3.05, 3.63) is 65.9 Å². The van der Waals surface area contributed by atoms with Gasteiger partial charge >= 0.3 is 17.9 Å². The van der Waals surface area contributed by atoms with Crippen LogP contribution in [0.15, 0.2) is 54.7 Å². The highest BCUT2D eigenvalue weighted by Crippen LogP contribution is 2.20. The minimum atomic E-state index is -1.97. The minimum Gasteiger partial charge on any atom is -0.508 e. The molecule has 0 radical (unpaired) electrons. The Kier molecular flexibility index (Phi) is 43.4. The molecule has 3 aromatic rings. The molecule has 0 saturated heterocycles. The van der Waals surface area contributed by atoms with Crippen molar-refractivity contribution in [3.63, 3.8) is 0 Å². The molecule has 0 saturated carbocycles. The van der Waals surface area contributed by atoms with Crippen molar-refractivity contribution in [2.24, 2.45) is 40.7 Å². The van der Waals surface area contributed by atoms with Crippen LogP contribution in [0.2, 0.25) is 0 Å². The molecule has 40 heteroatoms. The number of thioether (sulfide) groups is 1. The number of carboxylic acids is 3. The van der Waals surface area contributed by atoms with Crippen molar-refractivity contribution in [2.75, 3.05) is 44.7 Å². The molecule has 0 aliphatic carbocycles. The Hall–Kier alpha value is -11.0. The molecule has 0 spiro atoms. The zero-order chi connectivity index (χ0) is 85.3. The van der Waals surface area contributed by atoms with Crippen molar-refractivity contribution in [3.8, 4) is 5.75 Å². The summed E-state index contributed by atoms with van der Waals surface area (Å²) in [6, 6.07) is -2.96. The number of para-hydroxylation sites is 1. The molecule has 1 heterocycles. The summed E-state index contributed by atoms with van der Waals surface area (Å²) in [4.78, 5) is 231. The van der Waals surface area contributed by atoms with E-state index in [0.717, 1.165) is 16.5 Å². The maximum atomic E-state index is 14.3. The summed E-state index contributed by atoms with van der Waals surface area (Å²) in [6.07, 6.45) is 0.959. The van der Waals surface area contributed by atoms with Crippen LogP contribution in [0.4, 0.5) is 0 Å². The first kappa shape index (κ1) is 97.2. The smallest absolute Gasteiger partial charge is 0.322 e. The Morgan fingerprint density at radius 1 is 0.439 bits per heavy atom. The molecule has 26 N–H and O–H groups in total. The third-order valence-electron chi connectivity index (χ3n) is 17.7. The number of aromatic hydroxyl groups is 1. The fourth-order valence-corrected chi connectivity index (χ4v) is 12.1. The monoisotopic (exact) mass is 1620 g/mol. The fourth-order valence-electron chi connectivity index (χ4n) is 11.7. The number of H-pyrrole nitrogens is 1. The van der Waals surface area contributed by atoms with Gasteiger partial charge in [0.1, 0.15) is 72.7 Å². The number of aliphatic carboxylic acids is 3. The lowest BCUT2D eigenvalue weighted by molar-refractivity contribution is -0.142. The van der Waals surface area contributed by atoms with Gasteiger partial charge in [0.05, 0.1) is 25.6 Å². The summed E-state index contributed by atoms with van der Waals surface area (Å²) in [5, 5.41) is 71.5. The maximum Gasteiger partial charge on any atom is 0.322 e. The first-order valence-corrected chi connectivity index (χ1v) is 39.0. The van der Waals surface area contributed by atoms with Gasteiger partial charge in [-0.3, -0.25) is 81.5 Å². The van der Waals surface area contributed by atoms with E-state index in [4.69, 9.17) is 28.0 Å². The molecule has 114 heavy (non-hydrogen) atoms. The summed E-state index contributed by atoms with van der Waals surface area (Å²) in [6.45, 7) is 7.82. The highest BCUT2D eigenvalue weighted by Gasteiger charge is 2.37. The van der Waals surface area contributed by atoms with E-state index in [1.807, 2.05) is 24.3 Å². The van der Waals surface area contributed by atoms with Gasteiger partial charge in [-0.05, 0) is 149 Å². The normalized spacial score (nSPS) is 14.1. The first-order chi connectivity index (χ1) is 53.9. The number of benzene rings is 2. The number of aromatic nitrogens is 1. The molecule has 1 aromatic heterocycles. The van der Waals surface area contributed by atoms with Gasteiger partial charge in [-0.25, -0.2) is 0 Å². The lowest BCUT2D eigenvalue weighted by Gasteiger charge is -2.28. The Bertz CT molecular complexity index is 3770. The average molecular weight is 1620 g/mol. The molecule has 14 amide bonds. The predicted molar refractivity (Wildman–Crippen MR) is 418 cm³/mol. The number of amides is 14. The molecule has 39 nitrogen and oxygen atoms in total. The second-order valence-corrected chi connectivity index (χ2v) is 29.6. The van der Waals surface area contributed by atoms with Crippen LogP contribution >= 0.6 is 11.8 Å². The number of hydrogen-bond donors (Lipinski definition) is 22. The minimum absolute atomic E-state index is 0.0238. The molecule has 0 bridgehead atoms. The van der Waals surface area contributed by atoms with E-state index in [9.17, 15) is 96.8 Å². The molecule has 632 valence electrons. The zero-order valence-corrected chi connectivity index (χ0v) is 66.1. The summed E-state index contributed by atoms with van der Waals surface area (Å²) in [5.74, 6) is -18.9. The van der Waals surface area contributed by atoms with E-state index in [0.29, 0.717) is 24.2 Å². The Labute approximate surface area is 664 Å². The summed E-state index contributed by atoms with van der Waals surface area (Å²) in [5.41, 5.74) is 25.3. The van der Waals surface area contributed by atoms with Crippen LogP contribution in [-0.2, 0) is 94.3 Å². The second kappa shape index (κ2) is 50.9. The average Bonchev–Trinajstić information content (AvgIpc) is 1.66. The first-order valence-electron chi connectivity index (χ1n) is 37.6. The van der Waals surface area contributed by atoms with E-state index in [1.165, 1.54) is 23.9 Å². The number of hydrogen-bond acceptors (Lipinski definition) is 22. The van der Waals surface area contributed by atoms with Crippen molar-refractivity contribution in [1.82, 2.24) is 74.1 Å². The van der Waals surface area contributed by atoms with Gasteiger partial charge in [0.25, 0.3) is 0 Å². The number of phenolic OH excluding ortho intramolecular Hbond substituents is 1. The number of aromatic amines is 1. The largest absolute Gasteiger partial charge is 0.508 e. The number of fused-ring (bicyclic) bond motifs is 1. The van der Waals surface area contributed by atoms with E-state index >= 15 is 0 Å². The quantitative estimate of drug-likeness (QED) is 0.0245. The third-order valence-corrected chi connectivity index (χ3v) is 18.3. The Balaban J connectivity index is 1.80. The van der Waals surface area contributed by atoms with Gasteiger partial charge in [0, 0.05) is 36.4 Å². The molecular weight excluding hydrogens is 1510 g/mol.